The molecule has 0 aliphatic carbocycles. The van der Waals surface area contributed by atoms with E-state index in [9.17, 15) is 39.5 Å². The largest absolute Gasteiger partial charge is 0.573 e. The fourth-order valence-corrected chi connectivity index (χ4v) is 9.08. The Morgan fingerprint density at radius 2 is 1.09 bits per heavy atom. The molecule has 0 radical (unpaired) electrons. The molecule has 400 valence electrons. The van der Waals surface area contributed by atoms with Crippen LogP contribution in [0.2, 0.25) is 5.15 Å². The van der Waals surface area contributed by atoms with E-state index >= 15 is 0 Å². The SMILES string of the molecule is Cc1ccc2c3c(ccc2n1)OC[C@H](CN1CCCN(c2ccc4cc(OC(F)(F)F)ccc4n2)CC1)O3.FC(F)(F)Oc1ccc2nc(Cl)ccc2c1.FC(F)(F)Oc1ccc2nc(N3CCCNCC3)ccc2c1. The number of pyridine rings is 4. The molecular weight excluding hydrogens is 1040 g/mol. The first-order valence-electron chi connectivity index (χ1n) is 24.0. The second-order valence-corrected chi connectivity index (χ2v) is 18.3. The Bertz CT molecular complexity index is 3310. The molecule has 0 spiro atoms. The third-order valence-corrected chi connectivity index (χ3v) is 12.5. The summed E-state index contributed by atoms with van der Waals surface area (Å²) in [6.45, 7) is 10.3. The first-order chi connectivity index (χ1) is 36.3. The molecule has 1 atom stereocenters. The van der Waals surface area contributed by atoms with E-state index < -0.39 is 19.1 Å². The maximum Gasteiger partial charge on any atom is 0.573 e. The summed E-state index contributed by atoms with van der Waals surface area (Å²) in [5.41, 5.74) is 3.65. The van der Waals surface area contributed by atoms with Crippen molar-refractivity contribution in [2.45, 2.75) is 45.0 Å². The van der Waals surface area contributed by atoms with Gasteiger partial charge in [0.25, 0.3) is 0 Å². The molecule has 3 aliphatic heterocycles. The Hall–Kier alpha value is -7.30. The highest BCUT2D eigenvalue weighted by molar-refractivity contribution is 6.29. The predicted molar refractivity (Wildman–Crippen MR) is 270 cm³/mol. The number of ether oxygens (including phenoxy) is 5. The van der Waals surface area contributed by atoms with Crippen LogP contribution in [0.3, 0.4) is 0 Å². The van der Waals surface area contributed by atoms with E-state index in [2.05, 4.69) is 49.2 Å². The van der Waals surface area contributed by atoms with E-state index in [0.717, 1.165) is 111 Å². The molecule has 2 fully saturated rings. The lowest BCUT2D eigenvalue weighted by molar-refractivity contribution is -0.275. The lowest BCUT2D eigenvalue weighted by Crippen LogP contribution is -2.42. The molecule has 0 unspecified atom stereocenters. The second-order valence-electron chi connectivity index (χ2n) is 17.9. The number of halogens is 10. The minimum Gasteiger partial charge on any atom is -0.486 e. The molecule has 2 saturated heterocycles. The van der Waals surface area contributed by atoms with Crippen molar-refractivity contribution >= 4 is 66.8 Å². The number of aromatic nitrogens is 4. The molecule has 23 heteroatoms. The predicted octanol–water partition coefficient (Wildman–Crippen LogP) is 12.1. The number of fused-ring (bicyclic) bond motifs is 6. The van der Waals surface area contributed by atoms with Crippen molar-refractivity contribution in [3.05, 3.63) is 126 Å². The van der Waals surface area contributed by atoms with E-state index in [0.29, 0.717) is 39.3 Å². The van der Waals surface area contributed by atoms with Crippen LogP contribution in [0.15, 0.2) is 115 Å². The van der Waals surface area contributed by atoms with Crippen LogP contribution < -0.4 is 38.8 Å². The Morgan fingerprint density at radius 3 is 1.68 bits per heavy atom. The lowest BCUT2D eigenvalue weighted by Gasteiger charge is -2.31. The van der Waals surface area contributed by atoms with Gasteiger partial charge in [-0.2, -0.15) is 0 Å². The highest BCUT2D eigenvalue weighted by atomic mass is 35.5. The van der Waals surface area contributed by atoms with Gasteiger partial charge in [0, 0.05) is 79.6 Å². The van der Waals surface area contributed by atoms with E-state index in [4.69, 9.17) is 26.1 Å². The average molecular weight is 1080 g/mol. The number of nitrogens with one attached hydrogen (secondary N) is 1. The highest BCUT2D eigenvalue weighted by Gasteiger charge is 2.33. The summed E-state index contributed by atoms with van der Waals surface area (Å²) < 4.78 is 134. The maximum atomic E-state index is 12.5. The Kier molecular flexibility index (Phi) is 16.1. The molecule has 13 nitrogen and oxygen atoms in total. The van der Waals surface area contributed by atoms with Crippen molar-refractivity contribution < 1.29 is 63.2 Å². The zero-order chi connectivity index (χ0) is 53.6. The summed E-state index contributed by atoms with van der Waals surface area (Å²) in [6.07, 6.45) is -12.2. The maximum absolute atomic E-state index is 12.5. The summed E-state index contributed by atoms with van der Waals surface area (Å²) in [4.78, 5) is 24.6. The first kappa shape index (κ1) is 53.5. The van der Waals surface area contributed by atoms with Crippen LogP contribution >= 0.6 is 11.6 Å². The minimum atomic E-state index is -4.72. The van der Waals surface area contributed by atoms with E-state index in [1.165, 1.54) is 48.5 Å². The van der Waals surface area contributed by atoms with Gasteiger partial charge in [-0.3, -0.25) is 9.88 Å². The van der Waals surface area contributed by atoms with Crippen molar-refractivity contribution in [1.82, 2.24) is 30.2 Å². The number of nitrogens with zero attached hydrogens (tertiary/aromatic N) is 7. The Labute approximate surface area is 434 Å². The van der Waals surface area contributed by atoms with Gasteiger partial charge in [-0.15, -0.1) is 39.5 Å². The van der Waals surface area contributed by atoms with Gasteiger partial charge in [0.2, 0.25) is 0 Å². The Balaban J connectivity index is 0.000000156. The van der Waals surface area contributed by atoms with Gasteiger partial charge in [0.1, 0.15) is 46.7 Å². The van der Waals surface area contributed by atoms with Crippen LogP contribution in [0.5, 0.6) is 28.7 Å². The molecule has 3 aliphatic rings. The van der Waals surface area contributed by atoms with Crippen LogP contribution in [-0.4, -0.2) is 116 Å². The molecule has 0 amide bonds. The molecule has 7 heterocycles. The molecule has 4 aromatic carbocycles. The number of alkyl halides is 9. The second kappa shape index (κ2) is 22.9. The fourth-order valence-electron chi connectivity index (χ4n) is 8.92. The van der Waals surface area contributed by atoms with Crippen LogP contribution in [0, 0.1) is 6.92 Å². The van der Waals surface area contributed by atoms with Gasteiger partial charge < -0.3 is 38.8 Å². The topological polar surface area (TPSA) is 119 Å². The zero-order valence-electron chi connectivity index (χ0n) is 40.5. The normalized spacial score (nSPS) is 16.5. The van der Waals surface area contributed by atoms with Gasteiger partial charge in [0.05, 0.1) is 22.1 Å². The van der Waals surface area contributed by atoms with Gasteiger partial charge in [-0.25, -0.2) is 15.0 Å². The van der Waals surface area contributed by atoms with E-state index in [1.807, 2.05) is 43.3 Å². The van der Waals surface area contributed by atoms with Crippen molar-refractivity contribution in [3.63, 3.8) is 0 Å². The van der Waals surface area contributed by atoms with Crippen molar-refractivity contribution in [3.8, 4) is 28.7 Å². The number of benzene rings is 4. The fraction of sp³-hybridized carbons (Fsp3) is 0.321. The average Bonchev–Trinajstić information content (AvgIpc) is 3.81. The smallest absolute Gasteiger partial charge is 0.486 e. The third-order valence-electron chi connectivity index (χ3n) is 12.3. The third kappa shape index (κ3) is 14.5. The zero-order valence-corrected chi connectivity index (χ0v) is 41.2. The van der Waals surface area contributed by atoms with Crippen LogP contribution in [0.4, 0.5) is 51.1 Å². The quantitative estimate of drug-likeness (QED) is 0.121. The van der Waals surface area contributed by atoms with E-state index in [-0.39, 0.29) is 28.5 Å². The Morgan fingerprint density at radius 1 is 0.553 bits per heavy atom. The molecule has 1 N–H and O–H groups in total. The number of anilines is 2. The van der Waals surface area contributed by atoms with Gasteiger partial charge >= 0.3 is 19.1 Å². The molecule has 0 saturated carbocycles. The first-order valence-corrected chi connectivity index (χ1v) is 24.4. The number of rotatable bonds is 7. The minimum absolute atomic E-state index is 0.0899. The monoisotopic (exact) mass is 1080 g/mol. The van der Waals surface area contributed by atoms with E-state index in [1.54, 1.807) is 30.3 Å². The lowest BCUT2D eigenvalue weighted by atomic mass is 10.1. The van der Waals surface area contributed by atoms with Crippen molar-refractivity contribution in [2.75, 3.05) is 75.3 Å². The molecular formula is C53H48ClF9N8O5. The van der Waals surface area contributed by atoms with Crippen LogP contribution in [0.25, 0.3) is 43.6 Å². The molecule has 4 aromatic heterocycles. The summed E-state index contributed by atoms with van der Waals surface area (Å²) >= 11 is 5.64. The molecule has 11 rings (SSSR count). The number of hydrogen-bond donors (Lipinski definition) is 1. The number of hydrogen-bond acceptors (Lipinski definition) is 13. The molecule has 76 heavy (non-hydrogen) atoms. The molecule has 8 aromatic rings. The summed E-state index contributed by atoms with van der Waals surface area (Å²) in [5, 5.41) is 6.32. The summed E-state index contributed by atoms with van der Waals surface area (Å²) in [5.74, 6) is 2.41. The van der Waals surface area contributed by atoms with Crippen LogP contribution in [0.1, 0.15) is 18.5 Å². The van der Waals surface area contributed by atoms with Gasteiger partial charge in [-0.1, -0.05) is 11.6 Å². The standard InChI is InChI=1S/C28H27F3N4O3.C15H16F3N3O.C10H5ClF3NO/c1-18-3-6-22-24(32-18)8-9-25-27(22)37-21(17-36-25)16-34-11-2-12-35(14-13-34)26-10-4-19-15-20(38-28(29,30)31)5-7-23(19)33-26;16-15(17,18)22-12-3-4-13-11(10-12)2-5-14(20-13)21-8-1-6-19-7-9-21;11-9-4-1-6-5-7(16-10(12,13)14)2-3-8(6)15-9/h3-10,15,21H,2,11-14,16-17H2,1H3;2-5,10,19H,1,6-9H2;1-5H/t21-;;/m0../s1. The van der Waals surface area contributed by atoms with Gasteiger partial charge in [-0.05, 0) is 142 Å². The molecule has 0 bridgehead atoms. The van der Waals surface area contributed by atoms with Gasteiger partial charge in [0.15, 0.2) is 11.5 Å². The summed E-state index contributed by atoms with van der Waals surface area (Å²) in [7, 11) is 0. The highest BCUT2D eigenvalue weighted by Crippen LogP contribution is 2.39. The van der Waals surface area contributed by atoms with Crippen molar-refractivity contribution in [2.24, 2.45) is 0 Å². The summed E-state index contributed by atoms with van der Waals surface area (Å²) in [6, 6.07) is 30.5. The van der Waals surface area contributed by atoms with Crippen LogP contribution in [-0.2, 0) is 0 Å². The number of aryl methyl sites for hydroxylation is 1. The van der Waals surface area contributed by atoms with Crippen molar-refractivity contribution in [1.29, 1.82) is 0 Å².